The molecule has 1 atom stereocenters. The van der Waals surface area contributed by atoms with E-state index in [2.05, 4.69) is 36.4 Å². The largest absolute Gasteiger partial charge is 0.391 e. The summed E-state index contributed by atoms with van der Waals surface area (Å²) >= 11 is 0. The third-order valence-corrected chi connectivity index (χ3v) is 2.57. The van der Waals surface area contributed by atoms with Crippen LogP contribution in [0.1, 0.15) is 33.6 Å². The molecule has 0 spiro atoms. The summed E-state index contributed by atoms with van der Waals surface area (Å²) in [5.41, 5.74) is 0. The van der Waals surface area contributed by atoms with Gasteiger partial charge in [0.2, 0.25) is 0 Å². The van der Waals surface area contributed by atoms with E-state index < -0.39 is 0 Å². The number of anilines is 2. The number of hydrogen-bond donors (Lipinski definition) is 3. The van der Waals surface area contributed by atoms with E-state index in [1.807, 2.05) is 18.2 Å². The molecule has 0 aromatic carbocycles. The van der Waals surface area contributed by atoms with Gasteiger partial charge in [0.05, 0.1) is 6.10 Å². The maximum atomic E-state index is 9.79. The monoisotopic (exact) mass is 251 g/mol. The van der Waals surface area contributed by atoms with Crippen LogP contribution in [0.3, 0.4) is 0 Å². The minimum Gasteiger partial charge on any atom is -0.391 e. The van der Waals surface area contributed by atoms with Crippen LogP contribution in [0.25, 0.3) is 0 Å². The fourth-order valence-corrected chi connectivity index (χ4v) is 1.73. The Morgan fingerprint density at radius 1 is 1.22 bits per heavy atom. The minimum atomic E-state index is -0.320. The van der Waals surface area contributed by atoms with Crippen LogP contribution < -0.4 is 10.6 Å². The molecule has 0 bridgehead atoms. The molecule has 1 aromatic heterocycles. The van der Waals surface area contributed by atoms with Gasteiger partial charge in [0.25, 0.3) is 0 Å². The highest BCUT2D eigenvalue weighted by Crippen LogP contribution is 2.10. The normalized spacial score (nSPS) is 12.5. The summed E-state index contributed by atoms with van der Waals surface area (Å²) < 4.78 is 0. The Labute approximate surface area is 110 Å². The van der Waals surface area contributed by atoms with Crippen LogP contribution in [0.5, 0.6) is 0 Å². The van der Waals surface area contributed by atoms with Crippen molar-refractivity contribution >= 4 is 11.6 Å². The molecular weight excluding hydrogens is 226 g/mol. The Hall–Kier alpha value is -1.29. The second-order valence-electron chi connectivity index (χ2n) is 5.00. The lowest BCUT2D eigenvalue weighted by Gasteiger charge is -2.14. The van der Waals surface area contributed by atoms with Crippen molar-refractivity contribution in [3.63, 3.8) is 0 Å². The van der Waals surface area contributed by atoms with Gasteiger partial charge in [-0.1, -0.05) is 26.8 Å². The topological polar surface area (TPSA) is 57.2 Å². The molecule has 1 heterocycles. The number of hydrogen-bond acceptors (Lipinski definition) is 4. The molecule has 0 saturated heterocycles. The van der Waals surface area contributed by atoms with E-state index in [4.69, 9.17) is 0 Å². The third kappa shape index (κ3) is 5.87. The number of pyridine rings is 1. The Balaban J connectivity index is 2.41. The first kappa shape index (κ1) is 14.8. The minimum absolute atomic E-state index is 0.320. The lowest BCUT2D eigenvalue weighted by atomic mass is 10.1. The standard InChI is InChI=1S/C14H25N3O/c1-4-8-15-13-6-5-7-14(17-13)16-10-12(18)9-11(2)3/h5-7,11-12,18H,4,8-10H2,1-3H3,(H2,15,16,17). The molecule has 1 rings (SSSR count). The Morgan fingerprint density at radius 2 is 1.89 bits per heavy atom. The summed E-state index contributed by atoms with van der Waals surface area (Å²) in [6, 6.07) is 5.83. The van der Waals surface area contributed by atoms with Crippen molar-refractivity contribution in [2.24, 2.45) is 5.92 Å². The highest BCUT2D eigenvalue weighted by Gasteiger charge is 2.06. The van der Waals surface area contributed by atoms with Crippen molar-refractivity contribution in [2.45, 2.75) is 39.7 Å². The van der Waals surface area contributed by atoms with Crippen LogP contribution in [0.2, 0.25) is 0 Å². The lowest BCUT2D eigenvalue weighted by Crippen LogP contribution is -2.21. The van der Waals surface area contributed by atoms with Gasteiger partial charge in [-0.3, -0.25) is 0 Å². The molecule has 0 fully saturated rings. The highest BCUT2D eigenvalue weighted by molar-refractivity contribution is 5.45. The van der Waals surface area contributed by atoms with Crippen molar-refractivity contribution in [3.05, 3.63) is 18.2 Å². The molecule has 4 nitrogen and oxygen atoms in total. The Morgan fingerprint density at radius 3 is 2.50 bits per heavy atom. The molecule has 0 amide bonds. The van der Waals surface area contributed by atoms with Crippen LogP contribution in [0.4, 0.5) is 11.6 Å². The van der Waals surface area contributed by atoms with Gasteiger partial charge in [-0.15, -0.1) is 0 Å². The predicted octanol–water partition coefficient (Wildman–Crippen LogP) is 2.72. The maximum Gasteiger partial charge on any atom is 0.128 e. The Kier molecular flexibility index (Phi) is 6.50. The van der Waals surface area contributed by atoms with Gasteiger partial charge < -0.3 is 15.7 Å². The molecule has 18 heavy (non-hydrogen) atoms. The van der Waals surface area contributed by atoms with E-state index in [9.17, 15) is 5.11 Å². The van der Waals surface area contributed by atoms with E-state index in [1.165, 1.54) is 0 Å². The molecule has 0 aliphatic carbocycles. The lowest BCUT2D eigenvalue weighted by molar-refractivity contribution is 0.161. The van der Waals surface area contributed by atoms with Crippen molar-refractivity contribution < 1.29 is 5.11 Å². The number of rotatable bonds is 8. The van der Waals surface area contributed by atoms with Crippen molar-refractivity contribution in [1.29, 1.82) is 0 Å². The van der Waals surface area contributed by atoms with Crippen molar-refractivity contribution in [2.75, 3.05) is 23.7 Å². The zero-order chi connectivity index (χ0) is 13.4. The molecular formula is C14H25N3O. The second-order valence-corrected chi connectivity index (χ2v) is 5.00. The van der Waals surface area contributed by atoms with Gasteiger partial charge in [0, 0.05) is 13.1 Å². The van der Waals surface area contributed by atoms with E-state index in [1.54, 1.807) is 0 Å². The van der Waals surface area contributed by atoms with Crippen LogP contribution in [-0.4, -0.2) is 29.3 Å². The highest BCUT2D eigenvalue weighted by atomic mass is 16.3. The van der Waals surface area contributed by atoms with E-state index >= 15 is 0 Å². The number of nitrogens with zero attached hydrogens (tertiary/aromatic N) is 1. The van der Waals surface area contributed by atoms with E-state index in [0.29, 0.717) is 12.5 Å². The van der Waals surface area contributed by atoms with Gasteiger partial charge in [-0.2, -0.15) is 0 Å². The SMILES string of the molecule is CCCNc1cccc(NCC(O)CC(C)C)n1. The predicted molar refractivity (Wildman–Crippen MR) is 77.0 cm³/mol. The average Bonchev–Trinajstić information content (AvgIpc) is 2.33. The van der Waals surface area contributed by atoms with Gasteiger partial charge in [-0.05, 0) is 30.9 Å². The average molecular weight is 251 g/mol. The van der Waals surface area contributed by atoms with Crippen molar-refractivity contribution in [3.8, 4) is 0 Å². The van der Waals surface area contributed by atoms with E-state index in [-0.39, 0.29) is 6.10 Å². The van der Waals surface area contributed by atoms with Crippen LogP contribution in [0, 0.1) is 5.92 Å². The molecule has 1 unspecified atom stereocenters. The fourth-order valence-electron chi connectivity index (χ4n) is 1.73. The molecule has 0 aliphatic heterocycles. The zero-order valence-corrected chi connectivity index (χ0v) is 11.6. The molecule has 3 N–H and O–H groups in total. The van der Waals surface area contributed by atoms with Gasteiger partial charge in [-0.25, -0.2) is 4.98 Å². The third-order valence-electron chi connectivity index (χ3n) is 2.57. The Bertz CT molecular complexity index is 342. The number of aliphatic hydroxyl groups excluding tert-OH is 1. The number of aromatic nitrogens is 1. The summed E-state index contributed by atoms with van der Waals surface area (Å²) in [6.07, 6.45) is 1.56. The zero-order valence-electron chi connectivity index (χ0n) is 11.6. The molecule has 0 saturated carbocycles. The summed E-state index contributed by atoms with van der Waals surface area (Å²) in [5.74, 6) is 2.19. The smallest absolute Gasteiger partial charge is 0.128 e. The summed E-state index contributed by atoms with van der Waals surface area (Å²) in [5, 5.41) is 16.2. The van der Waals surface area contributed by atoms with Crippen LogP contribution >= 0.6 is 0 Å². The molecule has 0 aliphatic rings. The maximum absolute atomic E-state index is 9.79. The molecule has 4 heteroatoms. The second kappa shape index (κ2) is 7.93. The van der Waals surface area contributed by atoms with E-state index in [0.717, 1.165) is 31.0 Å². The van der Waals surface area contributed by atoms with Crippen molar-refractivity contribution in [1.82, 2.24) is 4.98 Å². The first-order valence-corrected chi connectivity index (χ1v) is 6.74. The first-order chi connectivity index (χ1) is 8.61. The fraction of sp³-hybridized carbons (Fsp3) is 0.643. The summed E-state index contributed by atoms with van der Waals surface area (Å²) in [4.78, 5) is 4.43. The first-order valence-electron chi connectivity index (χ1n) is 6.74. The number of aliphatic hydroxyl groups is 1. The van der Waals surface area contributed by atoms with Gasteiger partial charge in [0.15, 0.2) is 0 Å². The van der Waals surface area contributed by atoms with Gasteiger partial charge in [0.1, 0.15) is 11.6 Å². The molecule has 0 radical (unpaired) electrons. The molecule has 102 valence electrons. The summed E-state index contributed by atoms with van der Waals surface area (Å²) in [6.45, 7) is 7.81. The van der Waals surface area contributed by atoms with Crippen LogP contribution in [-0.2, 0) is 0 Å². The van der Waals surface area contributed by atoms with Crippen LogP contribution in [0.15, 0.2) is 18.2 Å². The quantitative estimate of drug-likeness (QED) is 0.665. The van der Waals surface area contributed by atoms with Gasteiger partial charge >= 0.3 is 0 Å². The molecule has 1 aromatic rings. The summed E-state index contributed by atoms with van der Waals surface area (Å²) in [7, 11) is 0. The number of nitrogens with one attached hydrogen (secondary N) is 2.